The van der Waals surface area contributed by atoms with Gasteiger partial charge in [0.15, 0.2) is 0 Å². The number of furan rings is 1. The molecule has 1 aromatic carbocycles. The molecule has 0 radical (unpaired) electrons. The van der Waals surface area contributed by atoms with E-state index in [2.05, 4.69) is 45.1 Å². The van der Waals surface area contributed by atoms with E-state index in [4.69, 9.17) is 9.15 Å². The van der Waals surface area contributed by atoms with Crippen LogP contribution in [0.4, 0.5) is 0 Å². The van der Waals surface area contributed by atoms with Gasteiger partial charge in [-0.25, -0.2) is 0 Å². The van der Waals surface area contributed by atoms with Crippen molar-refractivity contribution in [3.63, 3.8) is 0 Å². The van der Waals surface area contributed by atoms with Gasteiger partial charge < -0.3 is 14.5 Å². The maximum atomic E-state index is 5.76. The Bertz CT molecular complexity index is 549. The summed E-state index contributed by atoms with van der Waals surface area (Å²) in [5.41, 5.74) is 2.63. The molecule has 0 aliphatic heterocycles. The lowest BCUT2D eigenvalue weighted by atomic mass is 9.87. The molecule has 0 atom stereocenters. The average molecular weight is 287 g/mol. The predicted molar refractivity (Wildman–Crippen MR) is 85.6 cm³/mol. The van der Waals surface area contributed by atoms with Gasteiger partial charge in [0.25, 0.3) is 0 Å². The van der Waals surface area contributed by atoms with E-state index < -0.39 is 0 Å². The van der Waals surface area contributed by atoms with Gasteiger partial charge in [-0.05, 0) is 35.7 Å². The third-order valence-corrected chi connectivity index (χ3v) is 3.39. The van der Waals surface area contributed by atoms with Gasteiger partial charge in [-0.15, -0.1) is 0 Å². The molecule has 0 saturated carbocycles. The van der Waals surface area contributed by atoms with Gasteiger partial charge in [-0.2, -0.15) is 0 Å². The van der Waals surface area contributed by atoms with Crippen LogP contribution in [0.25, 0.3) is 0 Å². The maximum Gasteiger partial charge on any atom is 0.146 e. The fourth-order valence-corrected chi connectivity index (χ4v) is 2.07. The number of hydrogen-bond donors (Lipinski definition) is 1. The first-order valence-electron chi connectivity index (χ1n) is 7.49. The highest BCUT2D eigenvalue weighted by atomic mass is 16.5. The Morgan fingerprint density at radius 2 is 1.86 bits per heavy atom. The highest BCUT2D eigenvalue weighted by Crippen LogP contribution is 2.24. The number of rotatable bonds is 6. The number of nitrogens with one attached hydrogen (secondary N) is 1. The van der Waals surface area contributed by atoms with Crippen molar-refractivity contribution in [1.82, 2.24) is 5.32 Å². The molecule has 21 heavy (non-hydrogen) atoms. The van der Waals surface area contributed by atoms with E-state index >= 15 is 0 Å². The SMILES string of the molecule is CCNCc1coc(COc2ccc(C(C)(C)C)cc2)c1. The molecule has 0 spiro atoms. The van der Waals surface area contributed by atoms with Crippen molar-refractivity contribution in [2.75, 3.05) is 6.54 Å². The number of hydrogen-bond acceptors (Lipinski definition) is 3. The summed E-state index contributed by atoms with van der Waals surface area (Å²) in [5.74, 6) is 1.72. The van der Waals surface area contributed by atoms with E-state index in [0.717, 1.165) is 30.2 Å². The zero-order chi connectivity index (χ0) is 15.3. The molecule has 0 saturated heterocycles. The summed E-state index contributed by atoms with van der Waals surface area (Å²) in [5, 5.41) is 3.27. The summed E-state index contributed by atoms with van der Waals surface area (Å²) in [4.78, 5) is 0. The molecule has 0 fully saturated rings. The fourth-order valence-electron chi connectivity index (χ4n) is 2.07. The standard InChI is InChI=1S/C18H25NO2/c1-5-19-11-14-10-17(20-12-14)13-21-16-8-6-15(7-9-16)18(2,3)4/h6-10,12,19H,5,11,13H2,1-4H3. The van der Waals surface area contributed by atoms with Gasteiger partial charge in [0, 0.05) is 12.1 Å². The molecule has 1 N–H and O–H groups in total. The van der Waals surface area contributed by atoms with Gasteiger partial charge in [0.05, 0.1) is 6.26 Å². The largest absolute Gasteiger partial charge is 0.486 e. The molecular weight excluding hydrogens is 262 g/mol. The zero-order valence-electron chi connectivity index (χ0n) is 13.4. The first-order chi connectivity index (χ1) is 9.99. The number of ether oxygens (including phenoxy) is 1. The van der Waals surface area contributed by atoms with Crippen LogP contribution in [-0.2, 0) is 18.6 Å². The Balaban J connectivity index is 1.89. The second kappa shape index (κ2) is 6.81. The van der Waals surface area contributed by atoms with E-state index in [-0.39, 0.29) is 5.41 Å². The first kappa shape index (κ1) is 15.6. The molecule has 0 bridgehead atoms. The van der Waals surface area contributed by atoms with E-state index in [1.807, 2.05) is 18.2 Å². The molecule has 1 aromatic heterocycles. The quantitative estimate of drug-likeness (QED) is 0.861. The van der Waals surface area contributed by atoms with Crippen molar-refractivity contribution in [2.24, 2.45) is 0 Å². The van der Waals surface area contributed by atoms with Crippen LogP contribution >= 0.6 is 0 Å². The van der Waals surface area contributed by atoms with Crippen molar-refractivity contribution in [3.05, 3.63) is 53.5 Å². The van der Waals surface area contributed by atoms with Crippen LogP contribution in [0.3, 0.4) is 0 Å². The summed E-state index contributed by atoms with van der Waals surface area (Å²) in [7, 11) is 0. The minimum absolute atomic E-state index is 0.167. The predicted octanol–water partition coefficient (Wildman–Crippen LogP) is 4.27. The highest BCUT2D eigenvalue weighted by Gasteiger charge is 2.13. The Morgan fingerprint density at radius 1 is 1.14 bits per heavy atom. The Hall–Kier alpha value is -1.74. The van der Waals surface area contributed by atoms with E-state index in [1.165, 1.54) is 5.56 Å². The molecule has 1 heterocycles. The van der Waals surface area contributed by atoms with Crippen molar-refractivity contribution >= 4 is 0 Å². The van der Waals surface area contributed by atoms with Crippen LogP contribution in [0.5, 0.6) is 5.75 Å². The van der Waals surface area contributed by atoms with Crippen LogP contribution in [0.15, 0.2) is 41.0 Å². The molecule has 0 aliphatic rings. The average Bonchev–Trinajstić information content (AvgIpc) is 2.90. The van der Waals surface area contributed by atoms with Crippen molar-refractivity contribution in [3.8, 4) is 5.75 Å². The zero-order valence-corrected chi connectivity index (χ0v) is 13.4. The minimum Gasteiger partial charge on any atom is -0.486 e. The van der Waals surface area contributed by atoms with Crippen molar-refractivity contribution in [2.45, 2.75) is 46.3 Å². The third-order valence-electron chi connectivity index (χ3n) is 3.39. The summed E-state index contributed by atoms with van der Waals surface area (Å²) < 4.78 is 11.3. The first-order valence-corrected chi connectivity index (χ1v) is 7.49. The highest BCUT2D eigenvalue weighted by molar-refractivity contribution is 5.31. The monoisotopic (exact) mass is 287 g/mol. The lowest BCUT2D eigenvalue weighted by molar-refractivity contribution is 0.270. The van der Waals surface area contributed by atoms with Gasteiger partial charge in [0.2, 0.25) is 0 Å². The molecule has 3 heteroatoms. The van der Waals surface area contributed by atoms with Crippen LogP contribution in [0.2, 0.25) is 0 Å². The van der Waals surface area contributed by atoms with Gasteiger partial charge in [-0.1, -0.05) is 39.8 Å². The summed E-state index contributed by atoms with van der Waals surface area (Å²) in [6, 6.07) is 10.3. The lowest BCUT2D eigenvalue weighted by Gasteiger charge is -2.19. The molecule has 0 amide bonds. The molecule has 3 nitrogen and oxygen atoms in total. The molecule has 0 unspecified atom stereocenters. The summed E-state index contributed by atoms with van der Waals surface area (Å²) in [6.45, 7) is 11.0. The topological polar surface area (TPSA) is 34.4 Å². The summed E-state index contributed by atoms with van der Waals surface area (Å²) in [6.07, 6.45) is 1.78. The van der Waals surface area contributed by atoms with Crippen LogP contribution in [-0.4, -0.2) is 6.54 Å². The van der Waals surface area contributed by atoms with E-state index in [0.29, 0.717) is 6.61 Å². The normalized spacial score (nSPS) is 11.6. The second-order valence-electron chi connectivity index (χ2n) is 6.26. The Kier molecular flexibility index (Phi) is 5.07. The Labute approximate surface area is 127 Å². The second-order valence-corrected chi connectivity index (χ2v) is 6.26. The van der Waals surface area contributed by atoms with Crippen molar-refractivity contribution < 1.29 is 9.15 Å². The molecular formula is C18H25NO2. The molecule has 114 valence electrons. The smallest absolute Gasteiger partial charge is 0.146 e. The number of benzene rings is 1. The molecule has 2 rings (SSSR count). The lowest BCUT2D eigenvalue weighted by Crippen LogP contribution is -2.10. The van der Waals surface area contributed by atoms with Gasteiger partial charge in [0.1, 0.15) is 18.1 Å². The minimum atomic E-state index is 0.167. The van der Waals surface area contributed by atoms with Crippen LogP contribution in [0, 0.1) is 0 Å². The Morgan fingerprint density at radius 3 is 2.48 bits per heavy atom. The summed E-state index contributed by atoms with van der Waals surface area (Å²) >= 11 is 0. The maximum absolute atomic E-state index is 5.76. The third kappa shape index (κ3) is 4.64. The van der Waals surface area contributed by atoms with Gasteiger partial charge in [-0.3, -0.25) is 0 Å². The van der Waals surface area contributed by atoms with E-state index in [9.17, 15) is 0 Å². The van der Waals surface area contributed by atoms with Crippen molar-refractivity contribution in [1.29, 1.82) is 0 Å². The molecule has 0 aliphatic carbocycles. The van der Waals surface area contributed by atoms with Crippen LogP contribution in [0.1, 0.15) is 44.6 Å². The van der Waals surface area contributed by atoms with E-state index in [1.54, 1.807) is 6.26 Å². The van der Waals surface area contributed by atoms with Crippen LogP contribution < -0.4 is 10.1 Å². The molecule has 2 aromatic rings. The fraction of sp³-hybridized carbons (Fsp3) is 0.444. The van der Waals surface area contributed by atoms with Gasteiger partial charge >= 0.3 is 0 Å².